The third-order valence-electron chi connectivity index (χ3n) is 7.53. The zero-order valence-electron chi connectivity index (χ0n) is 19.5. The Balaban J connectivity index is 0.00000272. The molecule has 180 valence electrons. The summed E-state index contributed by atoms with van der Waals surface area (Å²) in [4.78, 5) is 13.2. The number of ether oxygens (including phenoxy) is 1. The molecule has 3 saturated heterocycles. The van der Waals surface area contributed by atoms with Crippen LogP contribution in [0.25, 0.3) is 0 Å². The molecular weight excluding hydrogens is 521 g/mol. The van der Waals surface area contributed by atoms with Crippen LogP contribution in [0, 0.1) is 5.92 Å². The molecule has 0 amide bonds. The van der Waals surface area contributed by atoms with Crippen molar-refractivity contribution in [1.29, 1.82) is 0 Å². The van der Waals surface area contributed by atoms with Gasteiger partial charge < -0.3 is 15.0 Å². The molecule has 3 aliphatic heterocycles. The molecule has 1 aliphatic carbocycles. The lowest BCUT2D eigenvalue weighted by atomic mass is 9.80. The lowest BCUT2D eigenvalue weighted by Crippen LogP contribution is -2.55. The monoisotopic (exact) mass is 565 g/mol. The standard InChI is InChI=1S/C23H43N5OS.HI/c1-2-24-22(27-9-6-21(19-27)18-26-10-14-29-15-11-26)25-20-23(7-4-3-5-8-23)28-12-16-30-17-13-28;/h21H,2-20H2,1H3,(H,24,25);1H. The Bertz CT molecular complexity index is 548. The normalized spacial score (nSPS) is 28.4. The number of aliphatic imine (C=N–C) groups is 1. The highest BCUT2D eigenvalue weighted by Crippen LogP contribution is 2.35. The number of halogens is 1. The van der Waals surface area contributed by atoms with Gasteiger partial charge in [0.15, 0.2) is 5.96 Å². The highest BCUT2D eigenvalue weighted by atomic mass is 127. The van der Waals surface area contributed by atoms with E-state index in [1.54, 1.807) is 0 Å². The molecule has 0 aromatic heterocycles. The molecule has 1 atom stereocenters. The number of guanidine groups is 1. The van der Waals surface area contributed by atoms with Gasteiger partial charge in [0.25, 0.3) is 0 Å². The molecule has 1 N–H and O–H groups in total. The lowest BCUT2D eigenvalue weighted by molar-refractivity contribution is 0.0315. The van der Waals surface area contributed by atoms with Gasteiger partial charge in [0.1, 0.15) is 0 Å². The molecule has 0 bridgehead atoms. The largest absolute Gasteiger partial charge is 0.379 e. The predicted molar refractivity (Wildman–Crippen MR) is 143 cm³/mol. The number of rotatable bonds is 6. The van der Waals surface area contributed by atoms with Crippen LogP contribution in [0.1, 0.15) is 45.4 Å². The van der Waals surface area contributed by atoms with Crippen LogP contribution < -0.4 is 5.32 Å². The minimum Gasteiger partial charge on any atom is -0.379 e. The molecule has 4 aliphatic rings. The number of hydrogen-bond acceptors (Lipinski definition) is 5. The van der Waals surface area contributed by atoms with E-state index in [2.05, 4.69) is 38.7 Å². The van der Waals surface area contributed by atoms with E-state index in [4.69, 9.17) is 9.73 Å². The van der Waals surface area contributed by atoms with Crippen molar-refractivity contribution in [2.24, 2.45) is 10.9 Å². The number of likely N-dealkylation sites (tertiary alicyclic amines) is 1. The maximum absolute atomic E-state index is 5.52. The zero-order chi connectivity index (χ0) is 20.7. The first kappa shape index (κ1) is 25.8. The molecule has 4 rings (SSSR count). The van der Waals surface area contributed by atoms with Crippen molar-refractivity contribution in [3.05, 3.63) is 0 Å². The van der Waals surface area contributed by atoms with Crippen LogP contribution in [0.15, 0.2) is 4.99 Å². The summed E-state index contributed by atoms with van der Waals surface area (Å²) in [6.07, 6.45) is 8.11. The summed E-state index contributed by atoms with van der Waals surface area (Å²) in [5.74, 6) is 4.51. The summed E-state index contributed by atoms with van der Waals surface area (Å²) in [5.41, 5.74) is 0.312. The third kappa shape index (κ3) is 7.11. The fraction of sp³-hybridized carbons (Fsp3) is 0.957. The average molecular weight is 566 g/mol. The first-order valence-corrected chi connectivity index (χ1v) is 13.6. The predicted octanol–water partition coefficient (Wildman–Crippen LogP) is 2.98. The second-order valence-corrected chi connectivity index (χ2v) is 10.8. The van der Waals surface area contributed by atoms with Crippen LogP contribution in [0.2, 0.25) is 0 Å². The molecule has 0 spiro atoms. The van der Waals surface area contributed by atoms with E-state index in [0.29, 0.717) is 5.54 Å². The van der Waals surface area contributed by atoms with Crippen LogP contribution in [0.5, 0.6) is 0 Å². The molecule has 31 heavy (non-hydrogen) atoms. The zero-order valence-corrected chi connectivity index (χ0v) is 22.7. The number of nitrogens with zero attached hydrogens (tertiary/aromatic N) is 4. The van der Waals surface area contributed by atoms with Crippen LogP contribution >= 0.6 is 35.7 Å². The number of nitrogens with one attached hydrogen (secondary N) is 1. The average Bonchev–Trinajstić information content (AvgIpc) is 3.27. The molecule has 1 saturated carbocycles. The van der Waals surface area contributed by atoms with Gasteiger partial charge in [-0.3, -0.25) is 14.8 Å². The maximum atomic E-state index is 5.52. The third-order valence-corrected chi connectivity index (χ3v) is 8.47. The SMILES string of the molecule is CCNC(=NCC1(N2CCSCC2)CCCCC1)N1CCC(CN2CCOCC2)C1.I. The maximum Gasteiger partial charge on any atom is 0.193 e. The van der Waals surface area contributed by atoms with Crippen molar-refractivity contribution >= 4 is 41.7 Å². The second kappa shape index (κ2) is 13.2. The van der Waals surface area contributed by atoms with E-state index < -0.39 is 0 Å². The molecule has 0 aromatic carbocycles. The van der Waals surface area contributed by atoms with E-state index >= 15 is 0 Å². The molecule has 0 aromatic rings. The fourth-order valence-electron chi connectivity index (χ4n) is 5.79. The fourth-order valence-corrected chi connectivity index (χ4v) is 6.70. The second-order valence-electron chi connectivity index (χ2n) is 9.57. The van der Waals surface area contributed by atoms with Crippen molar-refractivity contribution in [2.45, 2.75) is 51.0 Å². The van der Waals surface area contributed by atoms with Gasteiger partial charge in [0.05, 0.1) is 19.8 Å². The first-order chi connectivity index (χ1) is 14.8. The van der Waals surface area contributed by atoms with Crippen molar-refractivity contribution in [1.82, 2.24) is 20.0 Å². The summed E-state index contributed by atoms with van der Waals surface area (Å²) >= 11 is 2.12. The molecule has 3 heterocycles. The van der Waals surface area contributed by atoms with Crippen LogP contribution in [-0.4, -0.2) is 110 Å². The Morgan fingerprint density at radius 3 is 2.52 bits per heavy atom. The first-order valence-electron chi connectivity index (χ1n) is 12.5. The van der Waals surface area contributed by atoms with Gasteiger partial charge in [-0.25, -0.2) is 0 Å². The Morgan fingerprint density at radius 2 is 1.81 bits per heavy atom. The van der Waals surface area contributed by atoms with E-state index in [0.717, 1.165) is 58.4 Å². The highest BCUT2D eigenvalue weighted by molar-refractivity contribution is 14.0. The van der Waals surface area contributed by atoms with E-state index in [-0.39, 0.29) is 24.0 Å². The summed E-state index contributed by atoms with van der Waals surface area (Å²) in [6, 6.07) is 0. The molecule has 6 nitrogen and oxygen atoms in total. The van der Waals surface area contributed by atoms with Crippen LogP contribution in [0.3, 0.4) is 0 Å². The van der Waals surface area contributed by atoms with Crippen LogP contribution in [-0.2, 0) is 4.74 Å². The van der Waals surface area contributed by atoms with Gasteiger partial charge in [-0.15, -0.1) is 24.0 Å². The molecule has 0 radical (unpaired) electrons. The van der Waals surface area contributed by atoms with Gasteiger partial charge in [0.2, 0.25) is 0 Å². The van der Waals surface area contributed by atoms with E-state index in [1.165, 1.54) is 75.6 Å². The van der Waals surface area contributed by atoms with Gasteiger partial charge >= 0.3 is 0 Å². The minimum atomic E-state index is 0. The number of hydrogen-bond donors (Lipinski definition) is 1. The summed E-state index contributed by atoms with van der Waals surface area (Å²) in [5, 5.41) is 3.63. The van der Waals surface area contributed by atoms with Crippen molar-refractivity contribution in [2.75, 3.05) is 83.6 Å². The Morgan fingerprint density at radius 1 is 1.06 bits per heavy atom. The highest BCUT2D eigenvalue weighted by Gasteiger charge is 2.38. The van der Waals surface area contributed by atoms with Gasteiger partial charge in [-0.1, -0.05) is 19.3 Å². The Hall–Kier alpha value is 0.230. The minimum absolute atomic E-state index is 0. The smallest absolute Gasteiger partial charge is 0.193 e. The van der Waals surface area contributed by atoms with Crippen molar-refractivity contribution in [3.63, 3.8) is 0 Å². The van der Waals surface area contributed by atoms with E-state index in [9.17, 15) is 0 Å². The van der Waals surface area contributed by atoms with Crippen molar-refractivity contribution < 1.29 is 4.74 Å². The summed E-state index contributed by atoms with van der Waals surface area (Å²) < 4.78 is 5.52. The molecule has 4 fully saturated rings. The van der Waals surface area contributed by atoms with Gasteiger partial charge in [-0.05, 0) is 32.1 Å². The van der Waals surface area contributed by atoms with Gasteiger partial charge in [-0.2, -0.15) is 11.8 Å². The van der Waals surface area contributed by atoms with E-state index in [1.807, 2.05) is 0 Å². The van der Waals surface area contributed by atoms with Crippen molar-refractivity contribution in [3.8, 4) is 0 Å². The van der Waals surface area contributed by atoms with Crippen LogP contribution in [0.4, 0.5) is 0 Å². The topological polar surface area (TPSA) is 43.3 Å². The number of thioether (sulfide) groups is 1. The quantitative estimate of drug-likeness (QED) is 0.304. The molecular formula is C23H44IN5OS. The van der Waals surface area contributed by atoms with Gasteiger partial charge in [0, 0.05) is 69.4 Å². The Labute approximate surface area is 211 Å². The summed E-state index contributed by atoms with van der Waals surface area (Å²) in [6.45, 7) is 14.2. The summed E-state index contributed by atoms with van der Waals surface area (Å²) in [7, 11) is 0. The Kier molecular flexibility index (Phi) is 11.0. The molecule has 1 unspecified atom stereocenters. The lowest BCUT2D eigenvalue weighted by Gasteiger charge is -2.47. The number of morpholine rings is 1. The molecule has 8 heteroatoms.